The van der Waals surface area contributed by atoms with E-state index >= 15 is 0 Å². The molecule has 0 atom stereocenters. The zero-order valence-electron chi connectivity index (χ0n) is 11.6. The van der Waals surface area contributed by atoms with E-state index in [0.29, 0.717) is 18.7 Å². The van der Waals surface area contributed by atoms with Crippen molar-refractivity contribution in [2.75, 3.05) is 6.54 Å². The number of nitrogens with two attached hydrogens (primary N) is 1. The lowest BCUT2D eigenvalue weighted by Gasteiger charge is -2.10. The van der Waals surface area contributed by atoms with E-state index in [4.69, 9.17) is 10.5 Å². The van der Waals surface area contributed by atoms with E-state index < -0.39 is 0 Å². The Hall–Kier alpha value is -2.39. The highest BCUT2D eigenvalue weighted by atomic mass is 19.1. The van der Waals surface area contributed by atoms with Crippen LogP contribution in [0.25, 0.3) is 10.8 Å². The number of benzene rings is 3. The quantitative estimate of drug-likeness (QED) is 0.775. The summed E-state index contributed by atoms with van der Waals surface area (Å²) in [5.41, 5.74) is 6.36. The number of rotatable bonds is 4. The summed E-state index contributed by atoms with van der Waals surface area (Å²) >= 11 is 0. The summed E-state index contributed by atoms with van der Waals surface area (Å²) in [7, 11) is 0. The summed E-state index contributed by atoms with van der Waals surface area (Å²) in [6.45, 7) is 0.503. The van der Waals surface area contributed by atoms with Gasteiger partial charge in [0.2, 0.25) is 0 Å². The van der Waals surface area contributed by atoms with Crippen LogP contribution in [0.3, 0.4) is 0 Å². The van der Waals surface area contributed by atoms with Crippen LogP contribution >= 0.6 is 0 Å². The zero-order valence-corrected chi connectivity index (χ0v) is 11.6. The van der Waals surface area contributed by atoms with Crippen LogP contribution in [0, 0.1) is 5.82 Å². The van der Waals surface area contributed by atoms with Gasteiger partial charge in [0.15, 0.2) is 11.6 Å². The van der Waals surface area contributed by atoms with Gasteiger partial charge in [-0.15, -0.1) is 0 Å². The molecule has 0 radical (unpaired) electrons. The number of halogens is 1. The molecule has 2 N–H and O–H groups in total. The Balaban J connectivity index is 1.95. The predicted molar refractivity (Wildman–Crippen MR) is 83.2 cm³/mol. The third kappa shape index (κ3) is 2.88. The molecule has 0 saturated carbocycles. The lowest BCUT2D eigenvalue weighted by atomic mass is 10.1. The maximum Gasteiger partial charge on any atom is 0.165 e. The van der Waals surface area contributed by atoms with Gasteiger partial charge < -0.3 is 10.5 Å². The van der Waals surface area contributed by atoms with Gasteiger partial charge in [0.1, 0.15) is 5.75 Å². The highest BCUT2D eigenvalue weighted by Crippen LogP contribution is 2.31. The van der Waals surface area contributed by atoms with Crippen LogP contribution in [0.2, 0.25) is 0 Å². The Kier molecular flexibility index (Phi) is 3.84. The molecule has 21 heavy (non-hydrogen) atoms. The third-order valence-electron chi connectivity index (χ3n) is 3.40. The van der Waals surface area contributed by atoms with E-state index in [-0.39, 0.29) is 11.6 Å². The highest BCUT2D eigenvalue weighted by Gasteiger charge is 2.08. The van der Waals surface area contributed by atoms with E-state index in [1.165, 1.54) is 6.07 Å². The minimum absolute atomic E-state index is 0.229. The van der Waals surface area contributed by atoms with Crippen molar-refractivity contribution in [3.8, 4) is 11.5 Å². The van der Waals surface area contributed by atoms with Crippen molar-refractivity contribution in [2.24, 2.45) is 5.73 Å². The standard InChI is InChI=1S/C18H16FNO/c19-16-12-13(10-11-20)8-9-18(16)21-17-7-3-5-14-4-1-2-6-15(14)17/h1-9,12H,10-11,20H2. The normalized spacial score (nSPS) is 10.8. The van der Waals surface area contributed by atoms with Crippen LogP contribution in [0.1, 0.15) is 5.56 Å². The lowest BCUT2D eigenvalue weighted by molar-refractivity contribution is 0.446. The molecular formula is C18H16FNO. The molecule has 0 spiro atoms. The maximum absolute atomic E-state index is 14.1. The second kappa shape index (κ2) is 5.94. The number of ether oxygens (including phenoxy) is 1. The Bertz CT molecular complexity index is 765. The number of hydrogen-bond donors (Lipinski definition) is 1. The van der Waals surface area contributed by atoms with Crippen LogP contribution in [-0.4, -0.2) is 6.54 Å². The molecule has 0 aliphatic heterocycles. The topological polar surface area (TPSA) is 35.2 Å². The van der Waals surface area contributed by atoms with Crippen molar-refractivity contribution in [2.45, 2.75) is 6.42 Å². The average Bonchev–Trinajstić information content (AvgIpc) is 2.51. The van der Waals surface area contributed by atoms with Gasteiger partial charge in [-0.3, -0.25) is 0 Å². The third-order valence-corrected chi connectivity index (χ3v) is 3.40. The molecule has 0 bridgehead atoms. The minimum Gasteiger partial charge on any atom is -0.454 e. The van der Waals surface area contributed by atoms with Crippen LogP contribution < -0.4 is 10.5 Å². The summed E-state index contributed by atoms with van der Waals surface area (Å²) < 4.78 is 19.8. The minimum atomic E-state index is -0.367. The van der Waals surface area contributed by atoms with E-state index in [9.17, 15) is 4.39 Å². The molecule has 0 aliphatic rings. The summed E-state index contributed by atoms with van der Waals surface area (Å²) in [6.07, 6.45) is 0.658. The fraction of sp³-hybridized carbons (Fsp3) is 0.111. The Labute approximate surface area is 123 Å². The summed E-state index contributed by atoms with van der Waals surface area (Å²) in [5.74, 6) is 0.514. The number of fused-ring (bicyclic) bond motifs is 1. The molecule has 0 saturated heterocycles. The molecule has 2 nitrogen and oxygen atoms in total. The first-order valence-corrected chi connectivity index (χ1v) is 6.92. The van der Waals surface area contributed by atoms with Crippen LogP contribution in [0.5, 0.6) is 11.5 Å². The second-order valence-corrected chi connectivity index (χ2v) is 4.88. The van der Waals surface area contributed by atoms with Gasteiger partial charge in [-0.25, -0.2) is 4.39 Å². The average molecular weight is 281 g/mol. The summed E-state index contributed by atoms with van der Waals surface area (Å²) in [4.78, 5) is 0. The lowest BCUT2D eigenvalue weighted by Crippen LogP contribution is -2.03. The molecule has 0 aliphatic carbocycles. The second-order valence-electron chi connectivity index (χ2n) is 4.88. The van der Waals surface area contributed by atoms with Gasteiger partial charge in [0.05, 0.1) is 0 Å². The van der Waals surface area contributed by atoms with E-state index in [1.807, 2.05) is 48.5 Å². The SMILES string of the molecule is NCCc1ccc(Oc2cccc3ccccc23)c(F)c1. The molecular weight excluding hydrogens is 265 g/mol. The molecule has 0 unspecified atom stereocenters. The highest BCUT2D eigenvalue weighted by molar-refractivity contribution is 5.88. The maximum atomic E-state index is 14.1. The van der Waals surface area contributed by atoms with Crippen LogP contribution in [0.15, 0.2) is 60.7 Å². The van der Waals surface area contributed by atoms with Gasteiger partial charge in [0, 0.05) is 5.39 Å². The Morgan fingerprint density at radius 2 is 1.71 bits per heavy atom. The van der Waals surface area contributed by atoms with Gasteiger partial charge in [-0.1, -0.05) is 42.5 Å². The van der Waals surface area contributed by atoms with Crippen LogP contribution in [0.4, 0.5) is 4.39 Å². The Morgan fingerprint density at radius 3 is 2.52 bits per heavy atom. The van der Waals surface area contributed by atoms with Gasteiger partial charge in [-0.05, 0) is 42.1 Å². The molecule has 3 aromatic carbocycles. The fourth-order valence-corrected chi connectivity index (χ4v) is 2.35. The first-order valence-electron chi connectivity index (χ1n) is 6.92. The van der Waals surface area contributed by atoms with Crippen molar-refractivity contribution >= 4 is 10.8 Å². The first kappa shape index (κ1) is 13.6. The molecule has 0 fully saturated rings. The van der Waals surface area contributed by atoms with E-state index in [2.05, 4.69) is 0 Å². The summed E-state index contributed by atoms with van der Waals surface area (Å²) in [6, 6.07) is 18.6. The monoisotopic (exact) mass is 281 g/mol. The van der Waals surface area contributed by atoms with Gasteiger partial charge >= 0.3 is 0 Å². The predicted octanol–water partition coefficient (Wildman–Crippen LogP) is 4.27. The Morgan fingerprint density at radius 1 is 0.905 bits per heavy atom. The van der Waals surface area contributed by atoms with Crippen molar-refractivity contribution in [1.82, 2.24) is 0 Å². The zero-order chi connectivity index (χ0) is 14.7. The molecule has 0 aromatic heterocycles. The molecule has 3 heteroatoms. The number of hydrogen-bond acceptors (Lipinski definition) is 2. The van der Waals surface area contributed by atoms with Gasteiger partial charge in [-0.2, -0.15) is 0 Å². The van der Waals surface area contributed by atoms with Gasteiger partial charge in [0.25, 0.3) is 0 Å². The van der Waals surface area contributed by atoms with E-state index in [0.717, 1.165) is 16.3 Å². The van der Waals surface area contributed by atoms with E-state index in [1.54, 1.807) is 6.07 Å². The fourth-order valence-electron chi connectivity index (χ4n) is 2.35. The molecule has 106 valence electrons. The largest absolute Gasteiger partial charge is 0.454 e. The van der Waals surface area contributed by atoms with Crippen LogP contribution in [-0.2, 0) is 6.42 Å². The molecule has 0 amide bonds. The smallest absolute Gasteiger partial charge is 0.165 e. The molecule has 3 rings (SSSR count). The first-order chi connectivity index (χ1) is 10.3. The molecule has 0 heterocycles. The van der Waals surface area contributed by atoms with Crippen molar-refractivity contribution in [3.05, 3.63) is 72.0 Å². The van der Waals surface area contributed by atoms with Crippen molar-refractivity contribution in [3.63, 3.8) is 0 Å². The van der Waals surface area contributed by atoms with Crippen molar-refractivity contribution in [1.29, 1.82) is 0 Å². The molecule has 3 aromatic rings. The van der Waals surface area contributed by atoms with Crippen molar-refractivity contribution < 1.29 is 9.13 Å². The summed E-state index contributed by atoms with van der Waals surface area (Å²) in [5, 5.41) is 2.03.